The summed E-state index contributed by atoms with van der Waals surface area (Å²) in [5.74, 6) is 0.147. The molecule has 0 N–H and O–H groups in total. The maximum Gasteiger partial charge on any atom is 0.311 e. The number of unbranched alkanes of at least 4 members (excludes halogenated alkanes) is 2. The molecular formula is C18H26O4. The molecule has 122 valence electrons. The maximum atomic E-state index is 11.7. The largest absolute Gasteiger partial charge is 0.466 e. The van der Waals surface area contributed by atoms with Crippen LogP contribution in [0.15, 0.2) is 24.3 Å². The van der Waals surface area contributed by atoms with Crippen molar-refractivity contribution >= 4 is 11.9 Å². The van der Waals surface area contributed by atoms with Crippen molar-refractivity contribution in [2.45, 2.75) is 58.8 Å². The number of benzene rings is 1. The zero-order chi connectivity index (χ0) is 16.2. The quantitative estimate of drug-likeness (QED) is 0.371. The first kappa shape index (κ1) is 18.2. The van der Waals surface area contributed by atoms with Crippen molar-refractivity contribution in [3.05, 3.63) is 29.8 Å². The lowest BCUT2D eigenvalue weighted by Gasteiger charge is -2.06. The highest BCUT2D eigenvalue weighted by Gasteiger charge is 2.07. The summed E-state index contributed by atoms with van der Waals surface area (Å²) in [4.78, 5) is 23.1. The molecule has 4 nitrogen and oxygen atoms in total. The van der Waals surface area contributed by atoms with Crippen molar-refractivity contribution in [2.24, 2.45) is 0 Å². The lowest BCUT2D eigenvalue weighted by Crippen LogP contribution is -2.09. The van der Waals surface area contributed by atoms with E-state index in [0.717, 1.165) is 24.8 Å². The minimum Gasteiger partial charge on any atom is -0.466 e. The van der Waals surface area contributed by atoms with Crippen LogP contribution in [-0.4, -0.2) is 18.5 Å². The van der Waals surface area contributed by atoms with Crippen LogP contribution in [0.4, 0.5) is 0 Å². The van der Waals surface area contributed by atoms with Crippen molar-refractivity contribution in [3.63, 3.8) is 0 Å². The highest BCUT2D eigenvalue weighted by Crippen LogP contribution is 2.15. The number of rotatable bonds is 10. The molecule has 0 bridgehead atoms. The van der Waals surface area contributed by atoms with Crippen LogP contribution in [0.25, 0.3) is 0 Å². The predicted octanol–water partition coefficient (Wildman–Crippen LogP) is 4.06. The van der Waals surface area contributed by atoms with Gasteiger partial charge in [0.15, 0.2) is 0 Å². The molecule has 0 atom stereocenters. The highest BCUT2D eigenvalue weighted by molar-refractivity contribution is 5.72. The van der Waals surface area contributed by atoms with Crippen molar-refractivity contribution in [2.75, 3.05) is 6.61 Å². The first-order valence-electron chi connectivity index (χ1n) is 8.11. The van der Waals surface area contributed by atoms with Crippen LogP contribution in [0.2, 0.25) is 0 Å². The Bertz CT molecular complexity index is 468. The molecule has 1 rings (SSSR count). The van der Waals surface area contributed by atoms with E-state index in [-0.39, 0.29) is 11.9 Å². The number of esters is 2. The molecule has 4 heteroatoms. The van der Waals surface area contributed by atoms with Crippen molar-refractivity contribution in [1.29, 1.82) is 0 Å². The molecule has 0 unspecified atom stereocenters. The monoisotopic (exact) mass is 306 g/mol. The Balaban J connectivity index is 2.16. The summed E-state index contributed by atoms with van der Waals surface area (Å²) in [5, 5.41) is 0. The molecule has 0 aliphatic heterocycles. The summed E-state index contributed by atoms with van der Waals surface area (Å²) in [6, 6.07) is 7.54. The number of ether oxygens (including phenoxy) is 2. The zero-order valence-electron chi connectivity index (χ0n) is 13.6. The van der Waals surface area contributed by atoms with Gasteiger partial charge < -0.3 is 9.47 Å². The van der Waals surface area contributed by atoms with Gasteiger partial charge in [0.2, 0.25) is 0 Å². The van der Waals surface area contributed by atoms with Gasteiger partial charge in [-0.25, -0.2) is 0 Å². The standard InChI is InChI=1S/C18H26O4/c1-3-5-13-21-17(19)11-6-7-12-18(20)22-16-10-8-9-15(4-2)14-16/h8-10,14H,3-7,11-13H2,1-2H3. The van der Waals surface area contributed by atoms with E-state index in [1.165, 1.54) is 0 Å². The molecule has 1 aromatic carbocycles. The van der Waals surface area contributed by atoms with Gasteiger partial charge in [-0.2, -0.15) is 0 Å². The molecule has 0 heterocycles. The summed E-state index contributed by atoms with van der Waals surface area (Å²) in [7, 11) is 0. The van der Waals surface area contributed by atoms with Gasteiger partial charge in [-0.1, -0.05) is 32.4 Å². The minimum absolute atomic E-state index is 0.183. The Morgan fingerprint density at radius 2 is 1.73 bits per heavy atom. The molecule has 0 fully saturated rings. The van der Waals surface area contributed by atoms with Gasteiger partial charge in [0.1, 0.15) is 5.75 Å². The van der Waals surface area contributed by atoms with E-state index in [9.17, 15) is 9.59 Å². The van der Waals surface area contributed by atoms with E-state index >= 15 is 0 Å². The summed E-state index contributed by atoms with van der Waals surface area (Å²) in [5.41, 5.74) is 1.14. The molecule has 1 aromatic rings. The molecule has 0 saturated heterocycles. The fourth-order valence-corrected chi connectivity index (χ4v) is 1.95. The number of carbonyl (C=O) groups excluding carboxylic acids is 2. The smallest absolute Gasteiger partial charge is 0.311 e. The Hall–Kier alpha value is -1.84. The summed E-state index contributed by atoms with van der Waals surface area (Å²) in [6.45, 7) is 4.60. The van der Waals surface area contributed by atoms with Gasteiger partial charge in [-0.3, -0.25) is 9.59 Å². The van der Waals surface area contributed by atoms with E-state index < -0.39 is 0 Å². The molecule has 0 radical (unpaired) electrons. The molecule has 0 aromatic heterocycles. The highest BCUT2D eigenvalue weighted by atomic mass is 16.5. The molecule has 0 saturated carbocycles. The van der Waals surface area contributed by atoms with E-state index in [1.54, 1.807) is 6.07 Å². The van der Waals surface area contributed by atoms with Crippen LogP contribution in [0.3, 0.4) is 0 Å². The van der Waals surface area contributed by atoms with Gasteiger partial charge in [-0.15, -0.1) is 0 Å². The number of hydrogen-bond donors (Lipinski definition) is 0. The van der Waals surface area contributed by atoms with Crippen molar-refractivity contribution in [3.8, 4) is 5.75 Å². The van der Waals surface area contributed by atoms with Crippen LogP contribution in [-0.2, 0) is 20.7 Å². The average molecular weight is 306 g/mol. The first-order valence-corrected chi connectivity index (χ1v) is 8.11. The first-order chi connectivity index (χ1) is 10.7. The Kier molecular flexibility index (Phi) is 8.96. The number of aryl methyl sites for hydroxylation is 1. The second kappa shape index (κ2) is 10.8. The van der Waals surface area contributed by atoms with Crippen molar-refractivity contribution < 1.29 is 19.1 Å². The summed E-state index contributed by atoms with van der Waals surface area (Å²) in [6.07, 6.45) is 4.78. The van der Waals surface area contributed by atoms with Crippen LogP contribution < -0.4 is 4.74 Å². The van der Waals surface area contributed by atoms with Gasteiger partial charge >= 0.3 is 11.9 Å². The Morgan fingerprint density at radius 1 is 1.00 bits per heavy atom. The second-order valence-electron chi connectivity index (χ2n) is 5.26. The fourth-order valence-electron chi connectivity index (χ4n) is 1.95. The van der Waals surface area contributed by atoms with Crippen LogP contribution in [0.1, 0.15) is 57.9 Å². The van der Waals surface area contributed by atoms with E-state index in [4.69, 9.17) is 9.47 Å². The molecular weight excluding hydrogens is 280 g/mol. The third kappa shape index (κ3) is 7.81. The molecule has 0 aliphatic rings. The lowest BCUT2D eigenvalue weighted by atomic mass is 10.1. The van der Waals surface area contributed by atoms with E-state index in [0.29, 0.717) is 38.0 Å². The van der Waals surface area contributed by atoms with Crippen LogP contribution >= 0.6 is 0 Å². The molecule has 0 spiro atoms. The van der Waals surface area contributed by atoms with Crippen LogP contribution in [0, 0.1) is 0 Å². The molecule has 22 heavy (non-hydrogen) atoms. The second-order valence-corrected chi connectivity index (χ2v) is 5.26. The molecule has 0 aliphatic carbocycles. The predicted molar refractivity (Wildman–Crippen MR) is 85.8 cm³/mol. The molecule has 0 amide bonds. The normalized spacial score (nSPS) is 10.3. The fraction of sp³-hybridized carbons (Fsp3) is 0.556. The average Bonchev–Trinajstić information content (AvgIpc) is 2.52. The maximum absolute atomic E-state index is 11.7. The number of hydrogen-bond acceptors (Lipinski definition) is 4. The van der Waals surface area contributed by atoms with Gasteiger partial charge in [0, 0.05) is 12.8 Å². The Morgan fingerprint density at radius 3 is 2.41 bits per heavy atom. The minimum atomic E-state index is -0.257. The van der Waals surface area contributed by atoms with E-state index in [2.05, 4.69) is 13.8 Å². The SMILES string of the molecule is CCCCOC(=O)CCCCC(=O)Oc1cccc(CC)c1. The van der Waals surface area contributed by atoms with Gasteiger partial charge in [0.05, 0.1) is 6.61 Å². The van der Waals surface area contributed by atoms with Gasteiger partial charge in [-0.05, 0) is 43.4 Å². The Labute approximate surface area is 132 Å². The van der Waals surface area contributed by atoms with Crippen LogP contribution in [0.5, 0.6) is 5.75 Å². The third-order valence-corrected chi connectivity index (χ3v) is 3.31. The number of carbonyl (C=O) groups is 2. The lowest BCUT2D eigenvalue weighted by molar-refractivity contribution is -0.144. The summed E-state index contributed by atoms with van der Waals surface area (Å²) >= 11 is 0. The zero-order valence-corrected chi connectivity index (χ0v) is 13.6. The van der Waals surface area contributed by atoms with Gasteiger partial charge in [0.25, 0.3) is 0 Å². The topological polar surface area (TPSA) is 52.6 Å². The summed E-state index contributed by atoms with van der Waals surface area (Å²) < 4.78 is 10.3. The third-order valence-electron chi connectivity index (χ3n) is 3.31. The van der Waals surface area contributed by atoms with Crippen molar-refractivity contribution in [1.82, 2.24) is 0 Å². The van der Waals surface area contributed by atoms with E-state index in [1.807, 2.05) is 18.2 Å².